The van der Waals surface area contributed by atoms with Crippen molar-refractivity contribution in [3.63, 3.8) is 0 Å². The zero-order valence-electron chi connectivity index (χ0n) is 46.9. The minimum absolute atomic E-state index is 0.00256. The van der Waals surface area contributed by atoms with Crippen LogP contribution >= 0.6 is 11.3 Å². The maximum absolute atomic E-state index is 2.72. The Hall–Kier alpha value is -6.04. The molecule has 3 heterocycles. The SMILES string of the molecule is Cc1cc(C(C)(C)C)ccc1N1c2cc(N(c3ccccc3)c3ccccc3)cc3c2B(c2cc4c(cc2N3c2ccc3c(c2)C(C)(C)CCC3(C)C)C(C)(C)CCC4(C)C)c2sc3ccc(C(C)(C)C)cc3c21. The summed E-state index contributed by atoms with van der Waals surface area (Å²) in [5.74, 6) is 0. The van der Waals surface area contributed by atoms with E-state index < -0.39 is 0 Å². The van der Waals surface area contributed by atoms with Gasteiger partial charge in [0.15, 0.2) is 0 Å². The standard InChI is InChI=1S/C69H76BN3S/c1-43-36-44(64(2,3)4)26-30-56(43)73-59-40-49(71(46-22-18-16-19-23-46)47-24-20-17-21-25-47)39-58-61(59)70(63-62(73)50-37-45(65(5,6)7)27-31-60(50)74-63)55-41-53-54(69(14,15)35-34-68(53,12)13)42-57(55)72(58)48-28-29-51-52(38-48)67(10,11)33-32-66(51,8)9/h16-31,36-42H,32-35H2,1-15H3. The highest BCUT2D eigenvalue weighted by atomic mass is 32.1. The Bertz CT molecular complexity index is 3520. The molecule has 2 aliphatic heterocycles. The quantitative estimate of drug-likeness (QED) is 0.159. The van der Waals surface area contributed by atoms with Crippen molar-refractivity contribution in [2.24, 2.45) is 0 Å². The van der Waals surface area contributed by atoms with Gasteiger partial charge in [0, 0.05) is 54.7 Å². The first-order valence-corrected chi connectivity index (χ1v) is 28.4. The second-order valence-electron chi connectivity index (χ2n) is 27.3. The fraction of sp³-hybridized carbons (Fsp3) is 0.362. The van der Waals surface area contributed by atoms with Gasteiger partial charge < -0.3 is 14.7 Å². The molecule has 0 unspecified atom stereocenters. The molecule has 0 radical (unpaired) electrons. The number of hydrogen-bond acceptors (Lipinski definition) is 4. The Morgan fingerprint density at radius 2 is 0.986 bits per heavy atom. The lowest BCUT2D eigenvalue weighted by Gasteiger charge is -2.48. The van der Waals surface area contributed by atoms with E-state index in [4.69, 9.17) is 0 Å². The van der Waals surface area contributed by atoms with Crippen molar-refractivity contribution in [1.82, 2.24) is 0 Å². The molecule has 0 N–H and O–H groups in total. The lowest BCUT2D eigenvalue weighted by atomic mass is 9.35. The summed E-state index contributed by atoms with van der Waals surface area (Å²) in [7, 11) is 0. The molecule has 0 fully saturated rings. The predicted octanol–water partition coefficient (Wildman–Crippen LogP) is 18.1. The Labute approximate surface area is 447 Å². The first-order chi connectivity index (χ1) is 34.8. The molecule has 3 nitrogen and oxygen atoms in total. The molecule has 74 heavy (non-hydrogen) atoms. The molecular formula is C69H76BN3S. The fourth-order valence-corrected chi connectivity index (χ4v) is 14.6. The van der Waals surface area contributed by atoms with Gasteiger partial charge in [-0.05, 0) is 188 Å². The minimum Gasteiger partial charge on any atom is -0.311 e. The van der Waals surface area contributed by atoms with Crippen molar-refractivity contribution >= 4 is 95.0 Å². The van der Waals surface area contributed by atoms with Gasteiger partial charge >= 0.3 is 0 Å². The summed E-state index contributed by atoms with van der Waals surface area (Å²) in [6, 6.07) is 54.8. The zero-order valence-corrected chi connectivity index (χ0v) is 47.8. The van der Waals surface area contributed by atoms with Crippen LogP contribution in [0.3, 0.4) is 0 Å². The van der Waals surface area contributed by atoms with E-state index in [0.717, 1.165) is 36.3 Å². The van der Waals surface area contributed by atoms with Gasteiger partial charge in [-0.15, -0.1) is 11.3 Å². The Morgan fingerprint density at radius 3 is 1.55 bits per heavy atom. The third-order valence-electron chi connectivity index (χ3n) is 18.2. The van der Waals surface area contributed by atoms with Crippen molar-refractivity contribution < 1.29 is 0 Å². The van der Waals surface area contributed by atoms with Crippen molar-refractivity contribution in [3.8, 4) is 0 Å². The van der Waals surface area contributed by atoms with Crippen LogP contribution in [0, 0.1) is 6.92 Å². The molecular weight excluding hydrogens is 914 g/mol. The number of fused-ring (bicyclic) bond motifs is 8. The molecule has 0 amide bonds. The highest BCUT2D eigenvalue weighted by molar-refractivity contribution is 7.33. The van der Waals surface area contributed by atoms with Gasteiger partial charge in [-0.2, -0.15) is 0 Å². The second kappa shape index (κ2) is 16.5. The molecule has 1 aromatic heterocycles. The topological polar surface area (TPSA) is 9.72 Å². The number of aryl methyl sites for hydroxylation is 1. The number of nitrogens with zero attached hydrogens (tertiary/aromatic N) is 3. The molecule has 0 saturated carbocycles. The van der Waals surface area contributed by atoms with Gasteiger partial charge in [0.2, 0.25) is 0 Å². The van der Waals surface area contributed by atoms with Crippen molar-refractivity contribution in [2.75, 3.05) is 14.7 Å². The molecule has 12 rings (SSSR count). The number of para-hydroxylation sites is 2. The number of benzene rings is 7. The van der Waals surface area contributed by atoms with E-state index in [9.17, 15) is 0 Å². The molecule has 0 atom stereocenters. The largest absolute Gasteiger partial charge is 0.311 e. The monoisotopic (exact) mass is 990 g/mol. The summed E-state index contributed by atoms with van der Waals surface area (Å²) in [4.78, 5) is 7.92. The van der Waals surface area contributed by atoms with Crippen LogP contribution in [0.1, 0.15) is 162 Å². The highest BCUT2D eigenvalue weighted by Crippen LogP contribution is 2.55. The molecule has 0 bridgehead atoms. The molecule has 5 heteroatoms. The number of thiophene rings is 1. The fourth-order valence-electron chi connectivity index (χ4n) is 13.3. The third kappa shape index (κ3) is 7.63. The normalized spacial score (nSPS) is 17.8. The number of rotatable bonds is 5. The van der Waals surface area contributed by atoms with Gasteiger partial charge in [-0.1, -0.05) is 164 Å². The van der Waals surface area contributed by atoms with E-state index >= 15 is 0 Å². The summed E-state index contributed by atoms with van der Waals surface area (Å²) >= 11 is 2.02. The van der Waals surface area contributed by atoms with Crippen LogP contribution in [0.15, 0.2) is 140 Å². The predicted molar refractivity (Wildman–Crippen MR) is 323 cm³/mol. The van der Waals surface area contributed by atoms with E-state index in [-0.39, 0.29) is 39.2 Å². The molecule has 376 valence electrons. The lowest BCUT2D eigenvalue weighted by Crippen LogP contribution is -2.61. The van der Waals surface area contributed by atoms with E-state index in [1.54, 1.807) is 0 Å². The van der Waals surface area contributed by atoms with Crippen molar-refractivity contribution in [2.45, 2.75) is 162 Å². The van der Waals surface area contributed by atoms with E-state index in [1.807, 2.05) is 11.3 Å². The number of hydrogen-bond donors (Lipinski definition) is 0. The van der Waals surface area contributed by atoms with E-state index in [2.05, 4.69) is 258 Å². The van der Waals surface area contributed by atoms with Crippen LogP contribution in [0.5, 0.6) is 0 Å². The molecule has 4 aliphatic rings. The lowest BCUT2D eigenvalue weighted by molar-refractivity contribution is 0.332. The average molecular weight is 990 g/mol. The first kappa shape index (κ1) is 48.9. The smallest absolute Gasteiger partial charge is 0.264 e. The molecule has 0 spiro atoms. The van der Waals surface area contributed by atoms with Crippen molar-refractivity contribution in [3.05, 3.63) is 178 Å². The van der Waals surface area contributed by atoms with Crippen LogP contribution in [0.25, 0.3) is 10.1 Å². The Kier molecular flexibility index (Phi) is 10.9. The van der Waals surface area contributed by atoms with Gasteiger partial charge in [0.1, 0.15) is 0 Å². The molecule has 0 saturated heterocycles. The van der Waals surface area contributed by atoms with Gasteiger partial charge in [0.25, 0.3) is 6.71 Å². The Morgan fingerprint density at radius 1 is 0.473 bits per heavy atom. The number of anilines is 9. The summed E-state index contributed by atoms with van der Waals surface area (Å²) in [5, 5.41) is 1.33. The van der Waals surface area contributed by atoms with Crippen LogP contribution in [0.4, 0.5) is 51.2 Å². The van der Waals surface area contributed by atoms with E-state index in [0.29, 0.717) is 0 Å². The van der Waals surface area contributed by atoms with Crippen LogP contribution in [-0.4, -0.2) is 6.71 Å². The summed E-state index contributed by atoms with van der Waals surface area (Å²) in [6.45, 7) is 36.3. The van der Waals surface area contributed by atoms with Crippen LogP contribution in [-0.2, 0) is 32.5 Å². The van der Waals surface area contributed by atoms with Gasteiger partial charge in [0.05, 0.1) is 11.4 Å². The maximum Gasteiger partial charge on any atom is 0.264 e. The van der Waals surface area contributed by atoms with Crippen LogP contribution < -0.4 is 30.4 Å². The van der Waals surface area contributed by atoms with Crippen LogP contribution in [0.2, 0.25) is 0 Å². The maximum atomic E-state index is 2.72. The first-order valence-electron chi connectivity index (χ1n) is 27.5. The van der Waals surface area contributed by atoms with Gasteiger partial charge in [-0.3, -0.25) is 0 Å². The highest BCUT2D eigenvalue weighted by Gasteiger charge is 2.49. The Balaban J connectivity index is 1.27. The third-order valence-corrected chi connectivity index (χ3v) is 19.4. The summed E-state index contributed by atoms with van der Waals surface area (Å²) < 4.78 is 2.77. The summed E-state index contributed by atoms with van der Waals surface area (Å²) in [5.41, 5.74) is 23.9. The minimum atomic E-state index is -0.0229. The zero-order chi connectivity index (χ0) is 52.2. The average Bonchev–Trinajstić information content (AvgIpc) is 3.73. The van der Waals surface area contributed by atoms with E-state index in [1.165, 1.54) is 105 Å². The van der Waals surface area contributed by atoms with Gasteiger partial charge in [-0.25, -0.2) is 0 Å². The molecule has 8 aromatic rings. The summed E-state index contributed by atoms with van der Waals surface area (Å²) in [6.07, 6.45) is 4.66. The second-order valence-corrected chi connectivity index (χ2v) is 28.3. The molecule has 2 aliphatic carbocycles. The molecule has 7 aromatic carbocycles. The van der Waals surface area contributed by atoms with Crippen molar-refractivity contribution in [1.29, 1.82) is 0 Å².